The van der Waals surface area contributed by atoms with Crippen LogP contribution in [0, 0.1) is 0 Å². The van der Waals surface area contributed by atoms with Gasteiger partial charge in [0, 0.05) is 45.9 Å². The summed E-state index contributed by atoms with van der Waals surface area (Å²) in [6, 6.07) is 10.3. The molecule has 1 fully saturated rings. The van der Waals surface area contributed by atoms with E-state index in [1.807, 2.05) is 35.6 Å². The van der Waals surface area contributed by atoms with Crippen molar-refractivity contribution in [2.24, 2.45) is 0 Å². The molecule has 1 spiro atoms. The largest absolute Gasteiger partial charge is 0.387 e. The normalized spacial score (nSPS) is 26.9. The maximum Gasteiger partial charge on any atom is 0.0969 e. The third-order valence-corrected chi connectivity index (χ3v) is 7.81. The molecule has 1 N–H and O–H groups in total. The van der Waals surface area contributed by atoms with Crippen LogP contribution in [-0.2, 0) is 23.2 Å². The zero-order valence-corrected chi connectivity index (χ0v) is 17.7. The fourth-order valence-corrected chi connectivity index (χ4v) is 6.05. The van der Waals surface area contributed by atoms with E-state index in [0.717, 1.165) is 44.4 Å². The van der Waals surface area contributed by atoms with E-state index >= 15 is 0 Å². The molecule has 3 atom stereocenters. The summed E-state index contributed by atoms with van der Waals surface area (Å²) < 4.78 is 6.41. The smallest absolute Gasteiger partial charge is 0.0969 e. The molecule has 0 aliphatic carbocycles. The number of thiophene rings is 1. The molecule has 5 heteroatoms. The lowest BCUT2D eigenvalue weighted by molar-refractivity contribution is -0.114. The van der Waals surface area contributed by atoms with Gasteiger partial charge in [-0.15, -0.1) is 11.3 Å². The third-order valence-electron chi connectivity index (χ3n) is 6.13. The highest BCUT2D eigenvalue weighted by Crippen LogP contribution is 2.46. The van der Waals surface area contributed by atoms with Gasteiger partial charge in [-0.05, 0) is 43.9 Å². The lowest BCUT2D eigenvalue weighted by Gasteiger charge is -2.47. The molecule has 1 aromatic heterocycles. The minimum absolute atomic E-state index is 0.136. The van der Waals surface area contributed by atoms with E-state index < -0.39 is 6.10 Å². The predicted molar refractivity (Wildman–Crippen MR) is 112 cm³/mol. The summed E-state index contributed by atoms with van der Waals surface area (Å²) in [6.07, 6.45) is 3.55. The number of halogens is 1. The summed E-state index contributed by atoms with van der Waals surface area (Å²) in [5, 5.41) is 11.3. The standard InChI is InChI=1S/C22H28ClNO2S/c1-3-16-12-18-21(27-16)8-11-26-22(18)9-10-24(15(2)13-22)14-20(25)17-6-4-5-7-19(17)23/h4-7,12,15,20,25H,3,8-11,13-14H2,1-2H3/t15-,20?,22+/m0/s1. The van der Waals surface area contributed by atoms with Crippen molar-refractivity contribution in [2.45, 2.75) is 57.3 Å². The topological polar surface area (TPSA) is 32.7 Å². The quantitative estimate of drug-likeness (QED) is 0.781. The third kappa shape index (κ3) is 3.70. The van der Waals surface area contributed by atoms with Crippen molar-refractivity contribution >= 4 is 22.9 Å². The highest BCUT2D eigenvalue weighted by atomic mass is 35.5. The van der Waals surface area contributed by atoms with Crippen LogP contribution in [0.15, 0.2) is 30.3 Å². The Hall–Kier alpha value is -0.910. The Morgan fingerprint density at radius 2 is 2.22 bits per heavy atom. The minimum Gasteiger partial charge on any atom is -0.387 e. The molecular weight excluding hydrogens is 378 g/mol. The fraction of sp³-hybridized carbons (Fsp3) is 0.545. The molecule has 146 valence electrons. The highest BCUT2D eigenvalue weighted by molar-refractivity contribution is 7.12. The number of piperidine rings is 1. The van der Waals surface area contributed by atoms with Gasteiger partial charge in [-0.1, -0.05) is 36.7 Å². The lowest BCUT2D eigenvalue weighted by atomic mass is 9.79. The molecule has 1 saturated heterocycles. The first-order valence-corrected chi connectivity index (χ1v) is 11.1. The molecule has 2 aliphatic heterocycles. The number of hydrogen-bond donors (Lipinski definition) is 1. The summed E-state index contributed by atoms with van der Waals surface area (Å²) >= 11 is 8.23. The van der Waals surface area contributed by atoms with Crippen molar-refractivity contribution in [1.29, 1.82) is 0 Å². The van der Waals surface area contributed by atoms with Crippen LogP contribution in [0.4, 0.5) is 0 Å². The number of rotatable bonds is 4. The number of hydrogen-bond acceptors (Lipinski definition) is 4. The van der Waals surface area contributed by atoms with Crippen molar-refractivity contribution in [3.8, 4) is 0 Å². The average molecular weight is 406 g/mol. The number of benzene rings is 1. The SMILES string of the molecule is CCc1cc2c(s1)CCO[C@@]21CCN(CC(O)c2ccccc2Cl)[C@@H](C)C1. The molecule has 0 radical (unpaired) electrons. The van der Waals surface area contributed by atoms with Crippen LogP contribution in [0.2, 0.25) is 5.02 Å². The van der Waals surface area contributed by atoms with Gasteiger partial charge in [0.1, 0.15) is 0 Å². The van der Waals surface area contributed by atoms with Crippen LogP contribution in [-0.4, -0.2) is 35.7 Å². The zero-order chi connectivity index (χ0) is 19.0. The molecule has 3 heterocycles. The molecule has 1 unspecified atom stereocenters. The lowest BCUT2D eigenvalue weighted by Crippen LogP contribution is -2.51. The minimum atomic E-state index is -0.564. The second-order valence-electron chi connectivity index (χ2n) is 7.83. The molecule has 2 aromatic rings. The highest BCUT2D eigenvalue weighted by Gasteiger charge is 2.44. The number of likely N-dealkylation sites (tertiary alicyclic amines) is 1. The van der Waals surface area contributed by atoms with E-state index in [-0.39, 0.29) is 5.60 Å². The van der Waals surface area contributed by atoms with E-state index in [1.54, 1.807) is 0 Å². The summed E-state index contributed by atoms with van der Waals surface area (Å²) in [4.78, 5) is 5.37. The molecular formula is C22H28ClNO2S. The summed E-state index contributed by atoms with van der Waals surface area (Å²) in [7, 11) is 0. The summed E-state index contributed by atoms with van der Waals surface area (Å²) in [5.74, 6) is 0. The monoisotopic (exact) mass is 405 g/mol. The molecule has 3 nitrogen and oxygen atoms in total. The first kappa shape index (κ1) is 19.4. The number of aryl methyl sites for hydroxylation is 1. The maximum atomic E-state index is 10.7. The first-order valence-electron chi connectivity index (χ1n) is 9.95. The van der Waals surface area contributed by atoms with E-state index in [2.05, 4.69) is 24.8 Å². The Kier molecular flexibility index (Phi) is 5.64. The van der Waals surface area contributed by atoms with E-state index in [0.29, 0.717) is 17.6 Å². The van der Waals surface area contributed by atoms with Crippen LogP contribution in [0.25, 0.3) is 0 Å². The summed E-state index contributed by atoms with van der Waals surface area (Å²) in [5.41, 5.74) is 2.12. The molecule has 27 heavy (non-hydrogen) atoms. The van der Waals surface area contributed by atoms with Crippen molar-refractivity contribution < 1.29 is 9.84 Å². The van der Waals surface area contributed by atoms with Crippen molar-refractivity contribution in [2.75, 3.05) is 19.7 Å². The van der Waals surface area contributed by atoms with Crippen molar-refractivity contribution in [3.63, 3.8) is 0 Å². The fourth-order valence-electron chi connectivity index (χ4n) is 4.61. The maximum absolute atomic E-state index is 10.7. The number of nitrogens with zero attached hydrogens (tertiary/aromatic N) is 1. The first-order chi connectivity index (χ1) is 13.0. The zero-order valence-electron chi connectivity index (χ0n) is 16.1. The van der Waals surface area contributed by atoms with Crippen molar-refractivity contribution in [3.05, 3.63) is 56.2 Å². The average Bonchev–Trinajstić information content (AvgIpc) is 3.10. The van der Waals surface area contributed by atoms with Gasteiger partial charge >= 0.3 is 0 Å². The Labute approximate surface area is 170 Å². The number of aliphatic hydroxyl groups excluding tert-OH is 1. The van der Waals surface area contributed by atoms with Gasteiger partial charge in [0.2, 0.25) is 0 Å². The Bertz CT molecular complexity index is 807. The van der Waals surface area contributed by atoms with Gasteiger partial charge < -0.3 is 9.84 Å². The van der Waals surface area contributed by atoms with Gasteiger partial charge in [-0.2, -0.15) is 0 Å². The van der Waals surface area contributed by atoms with Crippen LogP contribution in [0.5, 0.6) is 0 Å². The Morgan fingerprint density at radius 3 is 2.96 bits per heavy atom. The number of aliphatic hydroxyl groups is 1. The molecule has 4 rings (SSSR count). The van der Waals surface area contributed by atoms with E-state index in [4.69, 9.17) is 16.3 Å². The second kappa shape index (κ2) is 7.84. The van der Waals surface area contributed by atoms with Gasteiger partial charge in [0.25, 0.3) is 0 Å². The van der Waals surface area contributed by atoms with Crippen LogP contribution < -0.4 is 0 Å². The Morgan fingerprint density at radius 1 is 1.41 bits per heavy atom. The molecule has 0 bridgehead atoms. The van der Waals surface area contributed by atoms with Gasteiger partial charge in [0.05, 0.1) is 18.3 Å². The van der Waals surface area contributed by atoms with Crippen LogP contribution >= 0.6 is 22.9 Å². The summed E-state index contributed by atoms with van der Waals surface area (Å²) in [6.45, 7) is 6.85. The van der Waals surface area contributed by atoms with Crippen LogP contribution in [0.1, 0.15) is 53.7 Å². The van der Waals surface area contributed by atoms with Crippen LogP contribution in [0.3, 0.4) is 0 Å². The second-order valence-corrected chi connectivity index (χ2v) is 9.46. The van der Waals surface area contributed by atoms with Crippen molar-refractivity contribution in [1.82, 2.24) is 4.90 Å². The molecule has 0 saturated carbocycles. The van der Waals surface area contributed by atoms with E-state index in [1.165, 1.54) is 15.3 Å². The molecule has 0 amide bonds. The van der Waals surface area contributed by atoms with E-state index in [9.17, 15) is 5.11 Å². The Balaban J connectivity index is 1.49. The van der Waals surface area contributed by atoms with Gasteiger partial charge in [-0.3, -0.25) is 4.90 Å². The van der Waals surface area contributed by atoms with Gasteiger partial charge in [-0.25, -0.2) is 0 Å². The van der Waals surface area contributed by atoms with Gasteiger partial charge in [0.15, 0.2) is 0 Å². The number of ether oxygens (including phenoxy) is 1. The number of fused-ring (bicyclic) bond motifs is 2. The molecule has 2 aliphatic rings. The predicted octanol–water partition coefficient (Wildman–Crippen LogP) is 4.95. The molecule has 1 aromatic carbocycles. The number of β-amino-alcohol motifs (C(OH)–C–C–N with tert-alkyl or cyclic N) is 1.